The van der Waals surface area contributed by atoms with Gasteiger partial charge in [-0.1, -0.05) is 6.92 Å². The van der Waals surface area contributed by atoms with E-state index in [1.165, 1.54) is 0 Å². The van der Waals surface area contributed by atoms with Gasteiger partial charge in [-0.05, 0) is 12.8 Å². The fraction of sp³-hybridized carbons (Fsp3) is 0.700. The zero-order valence-electron chi connectivity index (χ0n) is 9.66. The normalized spacial score (nSPS) is 20.5. The number of rotatable bonds is 5. The molecule has 0 aliphatic carbocycles. The van der Waals surface area contributed by atoms with Crippen molar-refractivity contribution in [2.45, 2.75) is 38.3 Å². The van der Waals surface area contributed by atoms with Gasteiger partial charge in [0.25, 0.3) is 0 Å². The Hall–Kier alpha value is -1.79. The van der Waals surface area contributed by atoms with Crippen LogP contribution in [0.4, 0.5) is 4.79 Å². The van der Waals surface area contributed by atoms with Crippen LogP contribution in [0.5, 0.6) is 0 Å². The molecule has 3 amide bonds. The first-order valence-corrected chi connectivity index (χ1v) is 5.59. The lowest BCUT2D eigenvalue weighted by molar-refractivity contribution is -0.139. The maximum Gasteiger partial charge on any atom is 0.326 e. The molecule has 7 nitrogen and oxygen atoms in total. The van der Waals surface area contributed by atoms with Crippen molar-refractivity contribution < 1.29 is 19.5 Å². The van der Waals surface area contributed by atoms with E-state index < -0.39 is 18.0 Å². The average molecular weight is 243 g/mol. The van der Waals surface area contributed by atoms with Crippen LogP contribution in [0.2, 0.25) is 0 Å². The summed E-state index contributed by atoms with van der Waals surface area (Å²) in [5.41, 5.74) is 0. The van der Waals surface area contributed by atoms with E-state index in [1.807, 2.05) is 0 Å². The standard InChI is InChI=1S/C10H17N3O4/c1-2-7(9(15)16)13-10(17)11-5-6-3-4-8(14)12-6/h6-7H,2-5H2,1H3,(H,12,14)(H,15,16)(H2,11,13,17). The molecule has 17 heavy (non-hydrogen) atoms. The monoisotopic (exact) mass is 243 g/mol. The van der Waals surface area contributed by atoms with Gasteiger partial charge in [0.15, 0.2) is 0 Å². The van der Waals surface area contributed by atoms with Gasteiger partial charge in [-0.3, -0.25) is 4.79 Å². The van der Waals surface area contributed by atoms with Crippen LogP contribution in [0.25, 0.3) is 0 Å². The predicted octanol–water partition coefficient (Wildman–Crippen LogP) is -0.573. The molecule has 1 rings (SSSR count). The second kappa shape index (κ2) is 6.07. The number of carbonyl (C=O) groups excluding carboxylic acids is 2. The fourth-order valence-electron chi connectivity index (χ4n) is 1.59. The number of carboxylic acids is 1. The SMILES string of the molecule is CCC(NC(=O)NCC1CCC(=O)N1)C(=O)O. The van der Waals surface area contributed by atoms with Crippen LogP contribution >= 0.6 is 0 Å². The number of nitrogens with one attached hydrogen (secondary N) is 3. The van der Waals surface area contributed by atoms with Gasteiger partial charge in [0.05, 0.1) is 0 Å². The lowest BCUT2D eigenvalue weighted by Gasteiger charge is -2.15. The molecule has 96 valence electrons. The Morgan fingerprint density at radius 2 is 2.29 bits per heavy atom. The third-order valence-corrected chi connectivity index (χ3v) is 2.61. The molecule has 1 heterocycles. The molecule has 0 radical (unpaired) electrons. The molecule has 0 aromatic rings. The van der Waals surface area contributed by atoms with Crippen molar-refractivity contribution in [1.29, 1.82) is 0 Å². The second-order valence-electron chi connectivity index (χ2n) is 3.96. The van der Waals surface area contributed by atoms with E-state index in [4.69, 9.17) is 5.11 Å². The van der Waals surface area contributed by atoms with Gasteiger partial charge in [-0.2, -0.15) is 0 Å². The molecule has 2 atom stereocenters. The molecule has 0 aromatic heterocycles. The molecule has 1 saturated heterocycles. The van der Waals surface area contributed by atoms with Crippen LogP contribution in [0, 0.1) is 0 Å². The fourth-order valence-corrected chi connectivity index (χ4v) is 1.59. The van der Waals surface area contributed by atoms with Crippen molar-refractivity contribution >= 4 is 17.9 Å². The summed E-state index contributed by atoms with van der Waals surface area (Å²) in [7, 11) is 0. The van der Waals surface area contributed by atoms with Gasteiger partial charge in [0.1, 0.15) is 6.04 Å². The summed E-state index contributed by atoms with van der Waals surface area (Å²) in [5.74, 6) is -1.08. The van der Waals surface area contributed by atoms with Crippen LogP contribution in [0.1, 0.15) is 26.2 Å². The van der Waals surface area contributed by atoms with E-state index in [0.717, 1.165) is 0 Å². The molecule has 1 fully saturated rings. The van der Waals surface area contributed by atoms with Crippen molar-refractivity contribution in [1.82, 2.24) is 16.0 Å². The summed E-state index contributed by atoms with van der Waals surface area (Å²) in [6, 6.07) is -1.47. The lowest BCUT2D eigenvalue weighted by atomic mass is 10.2. The molecule has 4 N–H and O–H groups in total. The van der Waals surface area contributed by atoms with E-state index in [2.05, 4.69) is 16.0 Å². The summed E-state index contributed by atoms with van der Waals surface area (Å²) >= 11 is 0. The average Bonchev–Trinajstić information content (AvgIpc) is 2.68. The van der Waals surface area contributed by atoms with E-state index in [1.54, 1.807) is 6.92 Å². The Kier molecular flexibility index (Phi) is 4.74. The predicted molar refractivity (Wildman–Crippen MR) is 59.4 cm³/mol. The van der Waals surface area contributed by atoms with Crippen molar-refractivity contribution in [3.8, 4) is 0 Å². The number of carbonyl (C=O) groups is 3. The van der Waals surface area contributed by atoms with Gasteiger partial charge in [-0.15, -0.1) is 0 Å². The molecule has 0 bridgehead atoms. The molecule has 1 aliphatic heterocycles. The van der Waals surface area contributed by atoms with Crippen molar-refractivity contribution in [2.24, 2.45) is 0 Å². The zero-order valence-corrected chi connectivity index (χ0v) is 9.66. The summed E-state index contributed by atoms with van der Waals surface area (Å²) in [6.07, 6.45) is 1.48. The minimum Gasteiger partial charge on any atom is -0.480 e. The molecule has 7 heteroatoms. The minimum atomic E-state index is -1.06. The number of hydrogen-bond acceptors (Lipinski definition) is 3. The topological polar surface area (TPSA) is 108 Å². The highest BCUT2D eigenvalue weighted by molar-refractivity contribution is 5.82. The Bertz CT molecular complexity index is 319. The highest BCUT2D eigenvalue weighted by Gasteiger charge is 2.22. The van der Waals surface area contributed by atoms with Gasteiger partial charge in [0, 0.05) is 19.0 Å². The van der Waals surface area contributed by atoms with Crippen LogP contribution in [0.3, 0.4) is 0 Å². The molecule has 0 saturated carbocycles. The first-order valence-electron chi connectivity index (χ1n) is 5.59. The van der Waals surface area contributed by atoms with Crippen molar-refractivity contribution in [3.63, 3.8) is 0 Å². The molecule has 2 unspecified atom stereocenters. The summed E-state index contributed by atoms with van der Waals surface area (Å²) in [6.45, 7) is 1.99. The molecule has 1 aliphatic rings. The Balaban J connectivity index is 2.25. The number of hydrogen-bond donors (Lipinski definition) is 4. The van der Waals surface area contributed by atoms with E-state index in [0.29, 0.717) is 25.8 Å². The van der Waals surface area contributed by atoms with Crippen LogP contribution < -0.4 is 16.0 Å². The minimum absolute atomic E-state index is 0.0193. The Labute approximate surface area is 98.9 Å². The van der Waals surface area contributed by atoms with Crippen LogP contribution in [-0.2, 0) is 9.59 Å². The van der Waals surface area contributed by atoms with Gasteiger partial charge >= 0.3 is 12.0 Å². The molecule has 0 spiro atoms. The molecule has 0 aromatic carbocycles. The highest BCUT2D eigenvalue weighted by atomic mass is 16.4. The van der Waals surface area contributed by atoms with Crippen LogP contribution in [-0.4, -0.2) is 41.6 Å². The molecular formula is C10H17N3O4. The Morgan fingerprint density at radius 1 is 1.59 bits per heavy atom. The van der Waals surface area contributed by atoms with Crippen molar-refractivity contribution in [2.75, 3.05) is 6.54 Å². The second-order valence-corrected chi connectivity index (χ2v) is 3.96. The first kappa shape index (κ1) is 13.3. The number of carboxylic acid groups (broad SMARTS) is 1. The summed E-state index contributed by atoms with van der Waals surface area (Å²) in [5, 5.41) is 16.3. The van der Waals surface area contributed by atoms with E-state index >= 15 is 0 Å². The molecular weight excluding hydrogens is 226 g/mol. The highest BCUT2D eigenvalue weighted by Crippen LogP contribution is 2.04. The maximum absolute atomic E-state index is 11.4. The third kappa shape index (κ3) is 4.29. The largest absolute Gasteiger partial charge is 0.480 e. The van der Waals surface area contributed by atoms with Gasteiger partial charge in [-0.25, -0.2) is 9.59 Å². The first-order chi connectivity index (χ1) is 8.02. The summed E-state index contributed by atoms with van der Waals surface area (Å²) < 4.78 is 0. The van der Waals surface area contributed by atoms with Gasteiger partial charge < -0.3 is 21.1 Å². The van der Waals surface area contributed by atoms with E-state index in [-0.39, 0.29) is 11.9 Å². The van der Waals surface area contributed by atoms with E-state index in [9.17, 15) is 14.4 Å². The lowest BCUT2D eigenvalue weighted by Crippen LogP contribution is -2.48. The maximum atomic E-state index is 11.4. The van der Waals surface area contributed by atoms with Crippen molar-refractivity contribution in [3.05, 3.63) is 0 Å². The zero-order chi connectivity index (χ0) is 12.8. The third-order valence-electron chi connectivity index (χ3n) is 2.61. The number of amides is 3. The Morgan fingerprint density at radius 3 is 2.76 bits per heavy atom. The number of aliphatic carboxylic acids is 1. The number of urea groups is 1. The summed E-state index contributed by atoms with van der Waals surface area (Å²) in [4.78, 5) is 32.9. The van der Waals surface area contributed by atoms with Gasteiger partial charge in [0.2, 0.25) is 5.91 Å². The smallest absolute Gasteiger partial charge is 0.326 e. The quantitative estimate of drug-likeness (QED) is 0.518. The van der Waals surface area contributed by atoms with Crippen LogP contribution in [0.15, 0.2) is 0 Å².